The molecule has 1 rings (SSSR count). The van der Waals surface area contributed by atoms with Gasteiger partial charge in [0, 0.05) is 26.8 Å². The first kappa shape index (κ1) is 13.8. The number of hydrogen-bond donors (Lipinski definition) is 0. The summed E-state index contributed by atoms with van der Waals surface area (Å²) in [4.78, 5) is 3.99. The molecule has 0 N–H and O–H groups in total. The van der Waals surface area contributed by atoms with E-state index in [2.05, 4.69) is 23.4 Å². The minimum Gasteiger partial charge on any atom is -0.335 e. The van der Waals surface area contributed by atoms with E-state index in [9.17, 15) is 0 Å². The Kier molecular flexibility index (Phi) is 7.90. The Bertz CT molecular complexity index is 177. The average molecular weight is 169 g/mol. The van der Waals surface area contributed by atoms with Gasteiger partial charge < -0.3 is 4.57 Å². The van der Waals surface area contributed by atoms with Gasteiger partial charge in [0.05, 0.1) is 6.33 Å². The summed E-state index contributed by atoms with van der Waals surface area (Å²) in [5.41, 5.74) is 0. The number of rotatable bonds is 3. The quantitative estimate of drug-likeness (QED) is 0.632. The molecule has 12 heavy (non-hydrogen) atoms. The minimum atomic E-state index is 0. The van der Waals surface area contributed by atoms with E-state index in [-0.39, 0.29) is 13.1 Å². The molecule has 0 amide bonds. The van der Waals surface area contributed by atoms with Crippen LogP contribution in [0.2, 0.25) is 0 Å². The van der Waals surface area contributed by atoms with Crippen molar-refractivity contribution in [2.24, 2.45) is 0 Å². The second-order valence-corrected chi connectivity index (χ2v) is 2.65. The van der Waals surface area contributed by atoms with Crippen LogP contribution in [-0.2, 0) is 0 Å². The molecule has 67 valence electrons. The van der Waals surface area contributed by atoms with Crippen LogP contribution >= 0.6 is 0 Å². The highest BCUT2D eigenvalue weighted by molar-refractivity contribution is 5.75. The number of hydrogen-bond acceptors (Lipinski definition) is 1. The molecule has 0 spiro atoms. The molecule has 0 aromatic carbocycles. The molecule has 0 bridgehead atoms. The third-order valence-corrected chi connectivity index (χ3v) is 1.74. The maximum Gasteiger partial charge on any atom is 0.0948 e. The summed E-state index contributed by atoms with van der Waals surface area (Å²) >= 11 is 0. The smallest absolute Gasteiger partial charge is 0.0948 e. The highest BCUT2D eigenvalue weighted by atomic mass is 19.0. The summed E-state index contributed by atoms with van der Waals surface area (Å²) in [7, 11) is 0. The fourth-order valence-corrected chi connectivity index (χ4v) is 1.10. The lowest BCUT2D eigenvalue weighted by Crippen LogP contribution is -2.00. The summed E-state index contributed by atoms with van der Waals surface area (Å²) < 4.78 is 2.14. The van der Waals surface area contributed by atoms with Gasteiger partial charge in [0.1, 0.15) is 0 Å². The minimum absolute atomic E-state index is 0. The molecule has 4 heteroatoms. The molecule has 1 atom stereocenters. The summed E-state index contributed by atoms with van der Waals surface area (Å²) in [6.07, 6.45) is 8.18. The van der Waals surface area contributed by atoms with Crippen molar-refractivity contribution in [2.75, 3.05) is 0 Å². The predicted octanol–water partition coefficient (Wildman–Crippen LogP) is 2.02. The summed E-state index contributed by atoms with van der Waals surface area (Å²) in [5, 5.41) is 0. The van der Waals surface area contributed by atoms with Crippen molar-refractivity contribution in [1.29, 1.82) is 0 Å². The zero-order valence-electron chi connectivity index (χ0n) is 7.60. The zero-order valence-corrected chi connectivity index (χ0v) is 7.60. The lowest BCUT2D eigenvalue weighted by atomic mass is 10.2. The Labute approximate surface area is 74.9 Å². The van der Waals surface area contributed by atoms with Crippen molar-refractivity contribution in [3.63, 3.8) is 0 Å². The Morgan fingerprint density at radius 1 is 1.50 bits per heavy atom. The second kappa shape index (κ2) is 6.89. The zero-order chi connectivity index (χ0) is 7.40. The van der Waals surface area contributed by atoms with Crippen LogP contribution in [0.25, 0.3) is 0 Å². The van der Waals surface area contributed by atoms with Crippen LogP contribution in [0, 0.1) is 0 Å². The predicted molar refractivity (Wildman–Crippen MR) is 50.1 cm³/mol. The van der Waals surface area contributed by atoms with Gasteiger partial charge in [-0.3, -0.25) is 4.70 Å². The van der Waals surface area contributed by atoms with E-state index in [1.165, 1.54) is 12.8 Å². The van der Waals surface area contributed by atoms with Crippen LogP contribution in [0.3, 0.4) is 0 Å². The highest BCUT2D eigenvalue weighted by Crippen LogP contribution is 2.10. The molecule has 0 aliphatic carbocycles. The largest absolute Gasteiger partial charge is 0.335 e. The summed E-state index contributed by atoms with van der Waals surface area (Å²) in [6, 6.07) is 0.604. The van der Waals surface area contributed by atoms with E-state index in [4.69, 9.17) is 0 Å². The average Bonchev–Trinajstić information content (AvgIpc) is 2.38. The van der Waals surface area contributed by atoms with Gasteiger partial charge in [-0.1, -0.05) is 13.3 Å². The van der Waals surface area contributed by atoms with E-state index >= 15 is 0 Å². The lowest BCUT2D eigenvalue weighted by molar-refractivity contribution is 0.500. The molecule has 1 heterocycles. The van der Waals surface area contributed by atoms with Crippen molar-refractivity contribution >= 4 is 8.41 Å². The number of imidazole rings is 1. The van der Waals surface area contributed by atoms with Crippen molar-refractivity contribution in [3.05, 3.63) is 18.7 Å². The Balaban J connectivity index is 0. The molecule has 1 aromatic rings. The van der Waals surface area contributed by atoms with Crippen LogP contribution in [-0.4, -0.2) is 18.0 Å². The van der Waals surface area contributed by atoms with E-state index in [1.807, 2.05) is 18.7 Å². The highest BCUT2D eigenvalue weighted by Gasteiger charge is 1.99. The normalized spacial score (nSPS) is 11.2. The fraction of sp³-hybridized carbons (Fsp3) is 0.625. The molecule has 0 saturated carbocycles. The Morgan fingerprint density at radius 2 is 2.17 bits per heavy atom. The van der Waals surface area contributed by atoms with Crippen LogP contribution in [0.4, 0.5) is 4.70 Å². The van der Waals surface area contributed by atoms with Crippen LogP contribution in [0.15, 0.2) is 18.7 Å². The van der Waals surface area contributed by atoms with E-state index in [0.717, 1.165) is 0 Å². The number of aromatic nitrogens is 2. The third kappa shape index (κ3) is 3.55. The van der Waals surface area contributed by atoms with Crippen LogP contribution < -0.4 is 0 Å². The van der Waals surface area contributed by atoms with Gasteiger partial charge in [-0.05, 0) is 13.3 Å². The first-order chi connectivity index (χ1) is 4.84. The van der Waals surface area contributed by atoms with Gasteiger partial charge in [-0.15, -0.1) is 0 Å². The van der Waals surface area contributed by atoms with Gasteiger partial charge in [0.2, 0.25) is 0 Å². The standard InChI is InChI=1S/C8H14N2.B.FH/c1-3-4-8(2)10-6-5-9-7-10;;/h5-8H,3-4H2,1-2H3;;1H. The van der Waals surface area contributed by atoms with Gasteiger partial charge in [0.25, 0.3) is 0 Å². The van der Waals surface area contributed by atoms with E-state index < -0.39 is 0 Å². The topological polar surface area (TPSA) is 17.8 Å². The molecule has 0 fully saturated rings. The fourth-order valence-electron chi connectivity index (χ4n) is 1.10. The molecule has 1 unspecified atom stereocenters. The summed E-state index contributed by atoms with van der Waals surface area (Å²) in [5.74, 6) is 0. The number of nitrogens with zero attached hydrogens (tertiary/aromatic N) is 2. The third-order valence-electron chi connectivity index (χ3n) is 1.74. The molecular weight excluding hydrogens is 154 g/mol. The Hall–Kier alpha value is -0.795. The summed E-state index contributed by atoms with van der Waals surface area (Å²) in [6.45, 7) is 4.42. The first-order valence-electron chi connectivity index (χ1n) is 3.82. The Morgan fingerprint density at radius 3 is 2.58 bits per heavy atom. The van der Waals surface area contributed by atoms with Gasteiger partial charge in [-0.2, -0.15) is 0 Å². The molecule has 0 aliphatic rings. The maximum atomic E-state index is 3.99. The molecular formula is C8H15BFN2. The van der Waals surface area contributed by atoms with E-state index in [1.54, 1.807) is 0 Å². The van der Waals surface area contributed by atoms with Crippen molar-refractivity contribution in [3.8, 4) is 0 Å². The van der Waals surface area contributed by atoms with Crippen LogP contribution in [0.5, 0.6) is 0 Å². The van der Waals surface area contributed by atoms with Gasteiger partial charge >= 0.3 is 0 Å². The molecule has 0 saturated heterocycles. The van der Waals surface area contributed by atoms with Gasteiger partial charge in [0.15, 0.2) is 0 Å². The monoisotopic (exact) mass is 169 g/mol. The lowest BCUT2D eigenvalue weighted by Gasteiger charge is -2.10. The van der Waals surface area contributed by atoms with Crippen molar-refractivity contribution in [1.82, 2.24) is 9.55 Å². The SMILES string of the molecule is CCCC(C)n1ccnc1.F.[B]. The molecule has 3 radical (unpaired) electrons. The van der Waals surface area contributed by atoms with Crippen molar-refractivity contribution < 1.29 is 4.70 Å². The molecule has 0 aliphatic heterocycles. The molecule has 2 nitrogen and oxygen atoms in total. The number of halogens is 1. The second-order valence-electron chi connectivity index (χ2n) is 2.65. The first-order valence-corrected chi connectivity index (χ1v) is 3.82. The van der Waals surface area contributed by atoms with E-state index in [0.29, 0.717) is 6.04 Å². The van der Waals surface area contributed by atoms with Crippen molar-refractivity contribution in [2.45, 2.75) is 32.7 Å². The molecule has 1 aromatic heterocycles. The van der Waals surface area contributed by atoms with Gasteiger partial charge in [-0.25, -0.2) is 4.98 Å². The maximum absolute atomic E-state index is 3.99. The van der Waals surface area contributed by atoms with Crippen LogP contribution in [0.1, 0.15) is 32.7 Å².